The van der Waals surface area contributed by atoms with Crippen LogP contribution >= 0.6 is 11.6 Å². The lowest BCUT2D eigenvalue weighted by molar-refractivity contribution is -0.143. The molecule has 0 saturated carbocycles. The first-order valence-corrected chi connectivity index (χ1v) is 6.15. The molecule has 0 fully saturated rings. The smallest absolute Gasteiger partial charge is 0.326 e. The van der Waals surface area contributed by atoms with E-state index in [0.717, 1.165) is 6.07 Å². The van der Waals surface area contributed by atoms with E-state index in [2.05, 4.69) is 5.32 Å². The number of benzene rings is 1. The van der Waals surface area contributed by atoms with Gasteiger partial charge in [-0.25, -0.2) is 9.18 Å². The summed E-state index contributed by atoms with van der Waals surface area (Å²) in [6, 6.07) is 2.77. The number of carbonyl (C=O) groups is 2. The quantitative estimate of drug-likeness (QED) is 0.873. The largest absolute Gasteiger partial charge is 0.480 e. The van der Waals surface area contributed by atoms with E-state index in [1.165, 1.54) is 12.1 Å². The Labute approximate surface area is 115 Å². The maximum absolute atomic E-state index is 12.8. The topological polar surface area (TPSA) is 66.4 Å². The summed E-state index contributed by atoms with van der Waals surface area (Å²) in [7, 11) is 0. The van der Waals surface area contributed by atoms with Gasteiger partial charge in [-0.3, -0.25) is 4.79 Å². The van der Waals surface area contributed by atoms with E-state index in [4.69, 9.17) is 16.7 Å². The lowest BCUT2D eigenvalue weighted by atomic mass is 10.0. The van der Waals surface area contributed by atoms with Gasteiger partial charge in [-0.1, -0.05) is 31.5 Å². The number of hydrogen-bond acceptors (Lipinski definition) is 2. The molecule has 1 atom stereocenters. The van der Waals surface area contributed by atoms with Crippen molar-refractivity contribution in [3.05, 3.63) is 34.6 Å². The predicted octanol–water partition coefficient (Wildman–Crippen LogP) is 2.25. The van der Waals surface area contributed by atoms with Gasteiger partial charge in [-0.05, 0) is 23.6 Å². The zero-order valence-corrected chi connectivity index (χ0v) is 11.4. The van der Waals surface area contributed by atoms with Crippen molar-refractivity contribution in [1.29, 1.82) is 0 Å². The molecule has 6 heteroatoms. The molecule has 0 aliphatic heterocycles. The summed E-state index contributed by atoms with van der Waals surface area (Å²) in [5.41, 5.74) is 0.452. The number of carboxylic acid groups (broad SMARTS) is 1. The van der Waals surface area contributed by atoms with Gasteiger partial charge in [0.05, 0.1) is 6.42 Å². The minimum Gasteiger partial charge on any atom is -0.480 e. The van der Waals surface area contributed by atoms with Crippen molar-refractivity contribution in [3.63, 3.8) is 0 Å². The van der Waals surface area contributed by atoms with Crippen LogP contribution in [-0.4, -0.2) is 23.0 Å². The first-order chi connectivity index (χ1) is 8.81. The summed E-state index contributed by atoms with van der Waals surface area (Å²) >= 11 is 5.80. The highest BCUT2D eigenvalue weighted by molar-refractivity contribution is 6.31. The van der Waals surface area contributed by atoms with Crippen molar-refractivity contribution >= 4 is 23.5 Å². The second kappa shape index (κ2) is 6.52. The minimum atomic E-state index is -1.09. The van der Waals surface area contributed by atoms with E-state index in [9.17, 15) is 14.0 Å². The van der Waals surface area contributed by atoms with E-state index in [1.807, 2.05) is 0 Å². The molecule has 1 rings (SSSR count). The van der Waals surface area contributed by atoms with Crippen molar-refractivity contribution in [2.75, 3.05) is 0 Å². The molecule has 0 aromatic heterocycles. The highest BCUT2D eigenvalue weighted by Crippen LogP contribution is 2.17. The number of rotatable bonds is 5. The molecule has 0 aliphatic rings. The van der Waals surface area contributed by atoms with Gasteiger partial charge in [-0.15, -0.1) is 0 Å². The molecule has 1 aromatic rings. The molecule has 2 N–H and O–H groups in total. The number of carbonyl (C=O) groups excluding carboxylic acids is 1. The number of nitrogens with one attached hydrogen (secondary N) is 1. The van der Waals surface area contributed by atoms with Crippen molar-refractivity contribution in [3.8, 4) is 0 Å². The Hall–Kier alpha value is -1.62. The van der Waals surface area contributed by atoms with Gasteiger partial charge in [-0.2, -0.15) is 0 Å². The van der Waals surface area contributed by atoms with Crippen LogP contribution in [0.5, 0.6) is 0 Å². The Morgan fingerprint density at radius 1 is 1.42 bits per heavy atom. The Bertz CT molecular complexity index is 491. The summed E-state index contributed by atoms with van der Waals surface area (Å²) < 4.78 is 12.8. The third-order valence-electron chi connectivity index (χ3n) is 2.62. The standard InChI is InChI=1S/C13H15ClFNO3/c1-7(2)12(13(18)19)16-11(17)5-8-3-4-9(15)6-10(8)14/h3-4,6-7,12H,5H2,1-2H3,(H,16,17)(H,18,19). The lowest BCUT2D eigenvalue weighted by Gasteiger charge is -2.18. The Kier molecular flexibility index (Phi) is 5.30. The summed E-state index contributed by atoms with van der Waals surface area (Å²) in [6.45, 7) is 3.40. The third kappa shape index (κ3) is 4.52. The molecule has 0 aliphatic carbocycles. The zero-order valence-electron chi connectivity index (χ0n) is 10.6. The SMILES string of the molecule is CC(C)C(NC(=O)Cc1ccc(F)cc1Cl)C(=O)O. The van der Waals surface area contributed by atoms with Crippen LogP contribution in [0.25, 0.3) is 0 Å². The Balaban J connectivity index is 2.72. The third-order valence-corrected chi connectivity index (χ3v) is 2.97. The summed E-state index contributed by atoms with van der Waals surface area (Å²) in [4.78, 5) is 22.7. The number of halogens is 2. The predicted molar refractivity (Wildman–Crippen MR) is 69.5 cm³/mol. The maximum atomic E-state index is 12.8. The van der Waals surface area contributed by atoms with Gasteiger partial charge in [0.2, 0.25) is 5.91 Å². The average Bonchev–Trinajstić information content (AvgIpc) is 2.29. The van der Waals surface area contributed by atoms with Crippen molar-refractivity contribution < 1.29 is 19.1 Å². The molecule has 19 heavy (non-hydrogen) atoms. The van der Waals surface area contributed by atoms with Crippen molar-refractivity contribution in [2.24, 2.45) is 5.92 Å². The molecular formula is C13H15ClFNO3. The molecule has 0 heterocycles. The minimum absolute atomic E-state index is 0.0877. The van der Waals surface area contributed by atoms with Gasteiger partial charge in [0.1, 0.15) is 11.9 Å². The average molecular weight is 288 g/mol. The molecule has 0 saturated heterocycles. The van der Waals surface area contributed by atoms with E-state index in [0.29, 0.717) is 5.56 Å². The van der Waals surface area contributed by atoms with Gasteiger partial charge in [0.15, 0.2) is 0 Å². The van der Waals surface area contributed by atoms with Crippen LogP contribution in [-0.2, 0) is 16.0 Å². The zero-order chi connectivity index (χ0) is 14.6. The molecule has 1 unspecified atom stereocenters. The summed E-state index contributed by atoms with van der Waals surface area (Å²) in [6.07, 6.45) is -0.0877. The second-order valence-electron chi connectivity index (χ2n) is 4.54. The molecular weight excluding hydrogens is 273 g/mol. The van der Waals surface area contributed by atoms with Gasteiger partial charge in [0.25, 0.3) is 0 Å². The van der Waals surface area contributed by atoms with Crippen LogP contribution in [0.2, 0.25) is 5.02 Å². The molecule has 0 bridgehead atoms. The van der Waals surface area contributed by atoms with E-state index in [1.54, 1.807) is 13.8 Å². The first-order valence-electron chi connectivity index (χ1n) is 5.77. The maximum Gasteiger partial charge on any atom is 0.326 e. The Morgan fingerprint density at radius 3 is 2.53 bits per heavy atom. The van der Waals surface area contributed by atoms with Crippen LogP contribution in [0.4, 0.5) is 4.39 Å². The van der Waals surface area contributed by atoms with Crippen LogP contribution in [0, 0.1) is 11.7 Å². The van der Waals surface area contributed by atoms with E-state index < -0.39 is 23.7 Å². The fourth-order valence-corrected chi connectivity index (χ4v) is 1.81. The fourth-order valence-electron chi connectivity index (χ4n) is 1.58. The van der Waals surface area contributed by atoms with Crippen LogP contribution < -0.4 is 5.32 Å². The fraction of sp³-hybridized carbons (Fsp3) is 0.385. The summed E-state index contributed by atoms with van der Waals surface area (Å²) in [5.74, 6) is -2.27. The number of amides is 1. The lowest BCUT2D eigenvalue weighted by Crippen LogP contribution is -2.44. The summed E-state index contributed by atoms with van der Waals surface area (Å²) in [5, 5.41) is 11.5. The van der Waals surface area contributed by atoms with E-state index in [-0.39, 0.29) is 17.4 Å². The Morgan fingerprint density at radius 2 is 2.05 bits per heavy atom. The van der Waals surface area contributed by atoms with Gasteiger partial charge < -0.3 is 10.4 Å². The van der Waals surface area contributed by atoms with Crippen LogP contribution in [0.15, 0.2) is 18.2 Å². The molecule has 1 amide bonds. The number of carboxylic acids is 1. The highest BCUT2D eigenvalue weighted by atomic mass is 35.5. The molecule has 104 valence electrons. The van der Waals surface area contributed by atoms with Crippen molar-refractivity contribution in [1.82, 2.24) is 5.32 Å². The molecule has 4 nitrogen and oxygen atoms in total. The molecule has 0 spiro atoms. The van der Waals surface area contributed by atoms with Gasteiger partial charge in [0, 0.05) is 5.02 Å². The molecule has 1 aromatic carbocycles. The highest BCUT2D eigenvalue weighted by Gasteiger charge is 2.23. The normalized spacial score (nSPS) is 12.3. The van der Waals surface area contributed by atoms with E-state index >= 15 is 0 Å². The second-order valence-corrected chi connectivity index (χ2v) is 4.95. The van der Waals surface area contributed by atoms with Crippen molar-refractivity contribution in [2.45, 2.75) is 26.3 Å². The number of hydrogen-bond donors (Lipinski definition) is 2. The van der Waals surface area contributed by atoms with Crippen LogP contribution in [0.1, 0.15) is 19.4 Å². The molecule has 0 radical (unpaired) electrons. The van der Waals surface area contributed by atoms with Crippen LogP contribution in [0.3, 0.4) is 0 Å². The first kappa shape index (κ1) is 15.4. The monoisotopic (exact) mass is 287 g/mol. The van der Waals surface area contributed by atoms with Gasteiger partial charge >= 0.3 is 5.97 Å². The number of aliphatic carboxylic acids is 1.